The molecule has 0 radical (unpaired) electrons. The maximum atomic E-state index is 12.5. The van der Waals surface area contributed by atoms with Crippen molar-refractivity contribution < 1.29 is 9.53 Å². The van der Waals surface area contributed by atoms with Gasteiger partial charge in [-0.05, 0) is 69.7 Å². The van der Waals surface area contributed by atoms with Crippen LogP contribution in [0.2, 0.25) is 0 Å². The molecule has 0 aromatic heterocycles. The number of rotatable bonds is 3. The fraction of sp³-hybridized carbons (Fsp3) is 0.611. The highest BCUT2D eigenvalue weighted by molar-refractivity contribution is 9.10. The van der Waals surface area contributed by atoms with Gasteiger partial charge in [0.05, 0.1) is 0 Å². The molecule has 1 aliphatic carbocycles. The highest BCUT2D eigenvalue weighted by atomic mass is 79.9. The largest absolute Gasteiger partial charge is 0.444 e. The third-order valence-corrected chi connectivity index (χ3v) is 4.40. The second-order valence-electron chi connectivity index (χ2n) is 6.98. The minimum absolute atomic E-state index is 0.181. The van der Waals surface area contributed by atoms with Crippen molar-refractivity contribution in [3.05, 3.63) is 33.8 Å². The standard InChI is InChI=1S/C18H26BrNO2/c1-5-10-20(17(21)22-18(2,3)4)16-9-7-13-11-15(19)8-6-14(13)12-16/h6,8,11,16H,5,7,9-10,12H2,1-4H3/t16-/m0/s1. The first-order chi connectivity index (χ1) is 10.3. The second kappa shape index (κ2) is 7.03. The van der Waals surface area contributed by atoms with Crippen molar-refractivity contribution in [3.63, 3.8) is 0 Å². The van der Waals surface area contributed by atoms with Gasteiger partial charge < -0.3 is 9.64 Å². The quantitative estimate of drug-likeness (QED) is 0.755. The molecule has 0 spiro atoms. The van der Waals surface area contributed by atoms with Crippen molar-refractivity contribution in [2.24, 2.45) is 0 Å². The van der Waals surface area contributed by atoms with Gasteiger partial charge in [-0.25, -0.2) is 4.79 Å². The summed E-state index contributed by atoms with van der Waals surface area (Å²) in [5.41, 5.74) is 2.30. The predicted octanol–water partition coefficient (Wildman–Crippen LogP) is 4.95. The molecule has 2 rings (SSSR count). The Bertz CT molecular complexity index is 536. The number of hydrogen-bond donors (Lipinski definition) is 0. The van der Waals surface area contributed by atoms with Gasteiger partial charge >= 0.3 is 6.09 Å². The van der Waals surface area contributed by atoms with Crippen LogP contribution in [0.1, 0.15) is 51.7 Å². The summed E-state index contributed by atoms with van der Waals surface area (Å²) in [6, 6.07) is 6.69. The van der Waals surface area contributed by atoms with Crippen molar-refractivity contribution in [3.8, 4) is 0 Å². The molecule has 0 aliphatic heterocycles. The number of halogens is 1. The van der Waals surface area contributed by atoms with E-state index < -0.39 is 5.60 Å². The van der Waals surface area contributed by atoms with Gasteiger partial charge in [0.1, 0.15) is 5.60 Å². The molecule has 0 saturated carbocycles. The van der Waals surface area contributed by atoms with E-state index in [9.17, 15) is 4.79 Å². The first kappa shape index (κ1) is 17.3. The topological polar surface area (TPSA) is 29.5 Å². The maximum absolute atomic E-state index is 12.5. The Labute approximate surface area is 142 Å². The van der Waals surface area contributed by atoms with Crippen LogP contribution < -0.4 is 0 Å². The van der Waals surface area contributed by atoms with Crippen LogP contribution in [0, 0.1) is 0 Å². The Hall–Kier alpha value is -1.03. The van der Waals surface area contributed by atoms with Crippen molar-refractivity contribution >= 4 is 22.0 Å². The number of nitrogens with zero attached hydrogens (tertiary/aromatic N) is 1. The van der Waals surface area contributed by atoms with E-state index >= 15 is 0 Å². The van der Waals surface area contributed by atoms with E-state index in [0.717, 1.165) is 36.7 Å². The lowest BCUT2D eigenvalue weighted by Crippen LogP contribution is -2.46. The normalized spacial score (nSPS) is 17.8. The van der Waals surface area contributed by atoms with Crippen molar-refractivity contribution in [1.82, 2.24) is 4.90 Å². The average molecular weight is 368 g/mol. The first-order valence-electron chi connectivity index (χ1n) is 8.07. The summed E-state index contributed by atoms with van der Waals surface area (Å²) in [4.78, 5) is 14.4. The van der Waals surface area contributed by atoms with Crippen LogP contribution in [-0.2, 0) is 17.6 Å². The average Bonchev–Trinajstić information content (AvgIpc) is 2.42. The van der Waals surface area contributed by atoms with E-state index in [1.807, 2.05) is 25.7 Å². The maximum Gasteiger partial charge on any atom is 0.410 e. The molecule has 1 amide bonds. The summed E-state index contributed by atoms with van der Waals surface area (Å²) < 4.78 is 6.72. The molecule has 0 heterocycles. The molecule has 1 aliphatic rings. The van der Waals surface area contributed by atoms with Crippen LogP contribution in [0.4, 0.5) is 4.79 Å². The van der Waals surface area contributed by atoms with Gasteiger partial charge in [-0.15, -0.1) is 0 Å². The lowest BCUT2D eigenvalue weighted by Gasteiger charge is -2.36. The number of benzene rings is 1. The van der Waals surface area contributed by atoms with E-state index in [2.05, 4.69) is 41.1 Å². The van der Waals surface area contributed by atoms with Gasteiger partial charge in [-0.1, -0.05) is 28.9 Å². The number of carbonyl (C=O) groups excluding carboxylic acids is 1. The highest BCUT2D eigenvalue weighted by Crippen LogP contribution is 2.28. The molecule has 0 bridgehead atoms. The molecule has 0 unspecified atom stereocenters. The van der Waals surface area contributed by atoms with E-state index in [-0.39, 0.29) is 12.1 Å². The van der Waals surface area contributed by atoms with E-state index in [0.29, 0.717) is 0 Å². The molecule has 3 nitrogen and oxygen atoms in total. The zero-order valence-corrected chi connectivity index (χ0v) is 15.6. The fourth-order valence-electron chi connectivity index (χ4n) is 2.95. The van der Waals surface area contributed by atoms with Gasteiger partial charge in [0.2, 0.25) is 0 Å². The van der Waals surface area contributed by atoms with Crippen molar-refractivity contribution in [2.75, 3.05) is 6.54 Å². The number of fused-ring (bicyclic) bond motifs is 1. The first-order valence-corrected chi connectivity index (χ1v) is 8.86. The Balaban J connectivity index is 2.13. The second-order valence-corrected chi connectivity index (χ2v) is 7.90. The molecule has 122 valence electrons. The monoisotopic (exact) mass is 367 g/mol. The summed E-state index contributed by atoms with van der Waals surface area (Å²) in [5.74, 6) is 0. The summed E-state index contributed by atoms with van der Waals surface area (Å²) in [6.45, 7) is 8.62. The van der Waals surface area contributed by atoms with Crippen LogP contribution in [0.3, 0.4) is 0 Å². The minimum Gasteiger partial charge on any atom is -0.444 e. The predicted molar refractivity (Wildman–Crippen MR) is 93.2 cm³/mol. The van der Waals surface area contributed by atoms with E-state index in [1.165, 1.54) is 11.1 Å². The third kappa shape index (κ3) is 4.48. The van der Waals surface area contributed by atoms with Gasteiger partial charge in [-0.3, -0.25) is 0 Å². The molecule has 0 saturated heterocycles. The lowest BCUT2D eigenvalue weighted by atomic mass is 9.87. The van der Waals surface area contributed by atoms with Crippen LogP contribution in [0.5, 0.6) is 0 Å². The van der Waals surface area contributed by atoms with E-state index in [1.54, 1.807) is 0 Å². The molecular weight excluding hydrogens is 342 g/mol. The van der Waals surface area contributed by atoms with Gasteiger partial charge in [0.15, 0.2) is 0 Å². The zero-order chi connectivity index (χ0) is 16.3. The molecule has 1 aromatic carbocycles. The number of aryl methyl sites for hydroxylation is 1. The molecule has 0 fully saturated rings. The van der Waals surface area contributed by atoms with Crippen LogP contribution in [0.25, 0.3) is 0 Å². The lowest BCUT2D eigenvalue weighted by molar-refractivity contribution is 0.0146. The SMILES string of the molecule is CCCN(C(=O)OC(C)(C)C)[C@H]1CCc2cc(Br)ccc2C1. The number of hydrogen-bond acceptors (Lipinski definition) is 2. The zero-order valence-electron chi connectivity index (χ0n) is 14.0. The number of ether oxygens (including phenoxy) is 1. The van der Waals surface area contributed by atoms with Gasteiger partial charge in [0, 0.05) is 17.1 Å². The Kier molecular flexibility index (Phi) is 5.54. The van der Waals surface area contributed by atoms with Crippen molar-refractivity contribution in [1.29, 1.82) is 0 Å². The fourth-order valence-corrected chi connectivity index (χ4v) is 3.36. The van der Waals surface area contributed by atoms with Crippen LogP contribution >= 0.6 is 15.9 Å². The molecular formula is C18H26BrNO2. The summed E-state index contributed by atoms with van der Waals surface area (Å²) in [7, 11) is 0. The van der Waals surface area contributed by atoms with Crippen LogP contribution in [0.15, 0.2) is 22.7 Å². The number of carbonyl (C=O) groups is 1. The Morgan fingerprint density at radius 3 is 2.73 bits per heavy atom. The molecule has 1 atom stereocenters. The minimum atomic E-state index is -0.444. The highest BCUT2D eigenvalue weighted by Gasteiger charge is 2.30. The van der Waals surface area contributed by atoms with E-state index in [4.69, 9.17) is 4.74 Å². The third-order valence-electron chi connectivity index (χ3n) is 3.90. The smallest absolute Gasteiger partial charge is 0.410 e. The molecule has 0 N–H and O–H groups in total. The Morgan fingerprint density at radius 1 is 1.36 bits per heavy atom. The molecule has 4 heteroatoms. The number of amides is 1. The summed E-state index contributed by atoms with van der Waals surface area (Å²) in [5, 5.41) is 0. The van der Waals surface area contributed by atoms with Gasteiger partial charge in [0.25, 0.3) is 0 Å². The van der Waals surface area contributed by atoms with Crippen LogP contribution in [-0.4, -0.2) is 29.2 Å². The summed E-state index contributed by atoms with van der Waals surface area (Å²) in [6.07, 6.45) is 3.70. The molecule has 22 heavy (non-hydrogen) atoms. The summed E-state index contributed by atoms with van der Waals surface area (Å²) >= 11 is 3.53. The molecule has 1 aromatic rings. The van der Waals surface area contributed by atoms with Gasteiger partial charge in [-0.2, -0.15) is 0 Å². The Morgan fingerprint density at radius 2 is 2.09 bits per heavy atom. The van der Waals surface area contributed by atoms with Crippen molar-refractivity contribution in [2.45, 2.75) is 65.0 Å².